The van der Waals surface area contributed by atoms with E-state index >= 15 is 0 Å². The minimum Gasteiger partial charge on any atom is -0.455 e. The zero-order chi connectivity index (χ0) is 13.9. The van der Waals surface area contributed by atoms with Gasteiger partial charge in [-0.2, -0.15) is 0 Å². The summed E-state index contributed by atoms with van der Waals surface area (Å²) >= 11 is 0. The minimum atomic E-state index is -0.933. The fourth-order valence-electron chi connectivity index (χ4n) is 1.31. The van der Waals surface area contributed by atoms with Crippen molar-refractivity contribution in [1.82, 2.24) is 15.0 Å². The molecule has 1 rings (SSSR count). The van der Waals surface area contributed by atoms with Crippen LogP contribution in [0.15, 0.2) is 0 Å². The van der Waals surface area contributed by atoms with Crippen molar-refractivity contribution in [3.8, 4) is 0 Å². The van der Waals surface area contributed by atoms with Gasteiger partial charge >= 0.3 is 5.97 Å². The van der Waals surface area contributed by atoms with Gasteiger partial charge < -0.3 is 14.9 Å². The van der Waals surface area contributed by atoms with E-state index in [0.717, 1.165) is 0 Å². The van der Waals surface area contributed by atoms with Crippen LogP contribution in [-0.4, -0.2) is 49.5 Å². The number of carbonyl (C=O) groups is 1. The summed E-state index contributed by atoms with van der Waals surface area (Å²) in [5, 5.41) is 25.6. The maximum atomic E-state index is 11.8. The second kappa shape index (κ2) is 5.45. The summed E-state index contributed by atoms with van der Waals surface area (Å²) in [7, 11) is 0. The lowest BCUT2D eigenvalue weighted by Crippen LogP contribution is -2.25. The average Bonchev–Trinajstić information content (AvgIpc) is 2.58. The zero-order valence-electron chi connectivity index (χ0n) is 11.0. The van der Waals surface area contributed by atoms with Crippen molar-refractivity contribution in [2.24, 2.45) is 0 Å². The lowest BCUT2D eigenvalue weighted by Gasteiger charge is -2.18. The van der Waals surface area contributed by atoms with Gasteiger partial charge in [0.25, 0.3) is 0 Å². The van der Waals surface area contributed by atoms with Crippen LogP contribution in [0.4, 0.5) is 0 Å². The number of carbonyl (C=O) groups excluding carboxylic acids is 1. The van der Waals surface area contributed by atoms with E-state index in [9.17, 15) is 9.90 Å². The first-order chi connectivity index (χ1) is 8.24. The van der Waals surface area contributed by atoms with E-state index in [1.54, 1.807) is 27.7 Å². The van der Waals surface area contributed by atoms with Gasteiger partial charge in [0.05, 0.1) is 24.9 Å². The first-order valence-electron chi connectivity index (χ1n) is 5.67. The Hall–Kier alpha value is -1.47. The van der Waals surface area contributed by atoms with E-state index in [4.69, 9.17) is 9.84 Å². The van der Waals surface area contributed by atoms with E-state index in [-0.39, 0.29) is 18.8 Å². The summed E-state index contributed by atoms with van der Waals surface area (Å²) < 4.78 is 6.54. The third-order valence-corrected chi connectivity index (χ3v) is 2.17. The van der Waals surface area contributed by atoms with Crippen molar-refractivity contribution in [3.05, 3.63) is 11.4 Å². The molecule has 0 radical (unpaired) electrons. The summed E-state index contributed by atoms with van der Waals surface area (Å²) in [6.45, 7) is 6.66. The molecule has 0 aromatic carbocycles. The molecule has 0 spiro atoms. The molecule has 7 heteroatoms. The van der Waals surface area contributed by atoms with Crippen molar-refractivity contribution >= 4 is 5.97 Å². The van der Waals surface area contributed by atoms with Crippen molar-refractivity contribution in [2.75, 3.05) is 6.61 Å². The highest BCUT2D eigenvalue weighted by atomic mass is 16.6. The van der Waals surface area contributed by atoms with E-state index < -0.39 is 17.7 Å². The van der Waals surface area contributed by atoms with Crippen molar-refractivity contribution in [1.29, 1.82) is 0 Å². The monoisotopic (exact) mass is 257 g/mol. The van der Waals surface area contributed by atoms with Gasteiger partial charge in [0.1, 0.15) is 5.60 Å². The van der Waals surface area contributed by atoms with Crippen molar-refractivity contribution in [2.45, 2.75) is 45.9 Å². The number of rotatable bonds is 4. The first-order valence-corrected chi connectivity index (χ1v) is 5.67. The van der Waals surface area contributed by atoms with Gasteiger partial charge in [0.2, 0.25) is 0 Å². The molecule has 1 unspecified atom stereocenters. The van der Waals surface area contributed by atoms with Crippen LogP contribution < -0.4 is 0 Å². The molecule has 7 nitrogen and oxygen atoms in total. The Bertz CT molecular complexity index is 422. The summed E-state index contributed by atoms with van der Waals surface area (Å²) in [5.41, 5.74) is 0.0181. The Labute approximate surface area is 105 Å². The molecule has 1 heterocycles. The number of aliphatic hydroxyl groups is 2. The maximum Gasteiger partial charge on any atom is 0.361 e. The predicted molar refractivity (Wildman–Crippen MR) is 63.0 cm³/mol. The van der Waals surface area contributed by atoms with Gasteiger partial charge in [-0.3, -0.25) is 0 Å². The Morgan fingerprint density at radius 3 is 2.61 bits per heavy atom. The Morgan fingerprint density at radius 2 is 2.11 bits per heavy atom. The van der Waals surface area contributed by atoms with E-state index in [2.05, 4.69) is 10.3 Å². The highest BCUT2D eigenvalue weighted by Crippen LogP contribution is 2.13. The van der Waals surface area contributed by atoms with Gasteiger partial charge in [-0.15, -0.1) is 5.10 Å². The molecule has 0 saturated carbocycles. The molecule has 1 atom stereocenters. The number of hydrogen-bond donors (Lipinski definition) is 2. The molecule has 0 aliphatic heterocycles. The molecule has 1 aromatic heterocycles. The van der Waals surface area contributed by atoms with Crippen LogP contribution in [0.2, 0.25) is 0 Å². The van der Waals surface area contributed by atoms with E-state index in [1.165, 1.54) is 4.68 Å². The largest absolute Gasteiger partial charge is 0.455 e. The van der Waals surface area contributed by atoms with Gasteiger partial charge in [-0.1, -0.05) is 5.21 Å². The van der Waals surface area contributed by atoms with Crippen LogP contribution in [0.1, 0.15) is 37.0 Å². The normalized spacial score (nSPS) is 13.4. The third-order valence-electron chi connectivity index (χ3n) is 2.17. The molecule has 1 aromatic rings. The van der Waals surface area contributed by atoms with Crippen LogP contribution in [0.25, 0.3) is 0 Å². The fourth-order valence-corrected chi connectivity index (χ4v) is 1.31. The first kappa shape index (κ1) is 14.6. The van der Waals surface area contributed by atoms with E-state index in [0.29, 0.717) is 5.69 Å². The Balaban J connectivity index is 2.83. The van der Waals surface area contributed by atoms with Crippen molar-refractivity contribution in [3.63, 3.8) is 0 Å². The number of esters is 1. The number of hydrogen-bond acceptors (Lipinski definition) is 6. The molecule has 0 bridgehead atoms. The molecule has 102 valence electrons. The number of aliphatic hydroxyl groups excluding tert-OH is 2. The van der Waals surface area contributed by atoms with Gasteiger partial charge in [0.15, 0.2) is 5.69 Å². The molecule has 2 N–H and O–H groups in total. The van der Waals surface area contributed by atoms with Crippen LogP contribution in [0.5, 0.6) is 0 Å². The highest BCUT2D eigenvalue weighted by molar-refractivity contribution is 5.88. The topological polar surface area (TPSA) is 97.5 Å². The molecule has 0 amide bonds. The molecule has 0 aliphatic rings. The number of ether oxygens (including phenoxy) is 1. The Kier molecular flexibility index (Phi) is 4.42. The summed E-state index contributed by atoms with van der Waals surface area (Å²) in [4.78, 5) is 11.8. The van der Waals surface area contributed by atoms with Gasteiger partial charge in [-0.25, -0.2) is 9.48 Å². The predicted octanol–water partition coefficient (Wildman–Crippen LogP) is -0.105. The standard InChI is InChI=1S/C11H19N3O4/c1-7-9(10(17)18-11(2,3)4)12-13-14(7)5-8(16)6-15/h8,15-16H,5-6H2,1-4H3. The van der Waals surface area contributed by atoms with Crippen molar-refractivity contribution < 1.29 is 19.7 Å². The molecular weight excluding hydrogens is 238 g/mol. The summed E-state index contributed by atoms with van der Waals surface area (Å²) in [5.74, 6) is -0.551. The minimum absolute atomic E-state index is 0.0815. The number of aromatic nitrogens is 3. The molecule has 0 fully saturated rings. The van der Waals surface area contributed by atoms with E-state index in [1.807, 2.05) is 0 Å². The lowest BCUT2D eigenvalue weighted by molar-refractivity contribution is 0.00616. The fraction of sp³-hybridized carbons (Fsp3) is 0.727. The third kappa shape index (κ3) is 3.78. The smallest absolute Gasteiger partial charge is 0.361 e. The van der Waals surface area contributed by atoms with Gasteiger partial charge in [0, 0.05) is 0 Å². The molecule has 0 saturated heterocycles. The van der Waals surface area contributed by atoms with Crippen LogP contribution in [-0.2, 0) is 11.3 Å². The molecule has 18 heavy (non-hydrogen) atoms. The van der Waals surface area contributed by atoms with Crippen LogP contribution >= 0.6 is 0 Å². The lowest BCUT2D eigenvalue weighted by atomic mass is 10.2. The van der Waals surface area contributed by atoms with Crippen LogP contribution in [0.3, 0.4) is 0 Å². The zero-order valence-corrected chi connectivity index (χ0v) is 11.0. The molecular formula is C11H19N3O4. The number of nitrogens with zero attached hydrogens (tertiary/aromatic N) is 3. The second-order valence-corrected chi connectivity index (χ2v) is 5.04. The summed E-state index contributed by atoms with van der Waals surface area (Å²) in [6.07, 6.45) is -0.933. The maximum absolute atomic E-state index is 11.8. The molecule has 0 aliphatic carbocycles. The second-order valence-electron chi connectivity index (χ2n) is 5.04. The Morgan fingerprint density at radius 1 is 1.50 bits per heavy atom. The van der Waals surface area contributed by atoms with Gasteiger partial charge in [-0.05, 0) is 27.7 Å². The SMILES string of the molecule is Cc1c(C(=O)OC(C)(C)C)nnn1CC(O)CO. The average molecular weight is 257 g/mol. The van der Waals surface area contributed by atoms with Crippen LogP contribution in [0, 0.1) is 6.92 Å². The quantitative estimate of drug-likeness (QED) is 0.731. The summed E-state index contributed by atoms with van der Waals surface area (Å²) in [6, 6.07) is 0. The highest BCUT2D eigenvalue weighted by Gasteiger charge is 2.23.